The molecule has 1 aromatic rings. The predicted octanol–water partition coefficient (Wildman–Crippen LogP) is 1.52. The molecule has 0 fully saturated rings. The lowest BCUT2D eigenvalue weighted by atomic mass is 10.0. The molecule has 19 heavy (non-hydrogen) atoms. The molecule has 0 aromatic carbocycles. The molecule has 0 aliphatic heterocycles. The maximum Gasteiger partial charge on any atom is 0.222 e. The minimum absolute atomic E-state index is 0.0523. The summed E-state index contributed by atoms with van der Waals surface area (Å²) in [7, 11) is 1.55. The Balaban J connectivity index is 3.00. The molecule has 0 aliphatic carbocycles. The molecule has 3 N–H and O–H groups in total. The third-order valence-corrected chi connectivity index (χ3v) is 3.26. The second-order valence-electron chi connectivity index (χ2n) is 4.76. The number of nitrogens with two attached hydrogens (primary N) is 1. The fourth-order valence-corrected chi connectivity index (χ4v) is 2.24. The molecule has 0 saturated carbocycles. The van der Waals surface area contributed by atoms with E-state index in [1.807, 2.05) is 0 Å². The van der Waals surface area contributed by atoms with Gasteiger partial charge in [0.2, 0.25) is 5.95 Å². The second-order valence-corrected chi connectivity index (χ2v) is 5.19. The molecule has 0 radical (unpaired) electrons. The Labute approximate surface area is 119 Å². The van der Waals surface area contributed by atoms with Gasteiger partial charge >= 0.3 is 0 Å². The van der Waals surface area contributed by atoms with Crippen LogP contribution in [-0.2, 0) is 0 Å². The van der Waals surface area contributed by atoms with Gasteiger partial charge in [0, 0.05) is 12.6 Å². The summed E-state index contributed by atoms with van der Waals surface area (Å²) in [5.74, 6) is 1.69. The Kier molecular flexibility index (Phi) is 6.17. The number of aromatic nitrogens is 2. The molecular weight excluding hydrogens is 264 g/mol. The van der Waals surface area contributed by atoms with Crippen molar-refractivity contribution in [2.45, 2.75) is 32.7 Å². The Morgan fingerprint density at radius 1 is 1.53 bits per heavy atom. The number of aliphatic hydroxyl groups is 1. The molecule has 6 nitrogen and oxygen atoms in total. The molecule has 0 saturated heterocycles. The number of nitrogens with zero attached hydrogens (tertiary/aromatic N) is 3. The van der Waals surface area contributed by atoms with Gasteiger partial charge in [-0.3, -0.25) is 4.31 Å². The summed E-state index contributed by atoms with van der Waals surface area (Å²) in [4.78, 5) is 8.05. The number of hydrogen-bond acceptors (Lipinski definition) is 7. The van der Waals surface area contributed by atoms with Crippen LogP contribution >= 0.6 is 12.8 Å². The number of hydrogen-bond donors (Lipinski definition) is 3. The van der Waals surface area contributed by atoms with E-state index in [4.69, 9.17) is 10.5 Å². The van der Waals surface area contributed by atoms with Crippen molar-refractivity contribution in [3.63, 3.8) is 0 Å². The summed E-state index contributed by atoms with van der Waals surface area (Å²) >= 11 is 4.49. The van der Waals surface area contributed by atoms with Gasteiger partial charge < -0.3 is 15.6 Å². The highest BCUT2D eigenvalue weighted by atomic mass is 32.1. The summed E-state index contributed by atoms with van der Waals surface area (Å²) in [6, 6.07) is 0.0523. The molecular formula is C12H22N4O2S. The number of anilines is 2. The highest BCUT2D eigenvalue weighted by Gasteiger charge is 2.22. The number of nitrogen functional groups attached to an aromatic ring is 1. The van der Waals surface area contributed by atoms with Crippen LogP contribution in [0, 0.1) is 5.92 Å². The summed E-state index contributed by atoms with van der Waals surface area (Å²) in [5, 5.41) is 9.18. The van der Waals surface area contributed by atoms with E-state index in [0.29, 0.717) is 23.9 Å². The maximum absolute atomic E-state index is 9.18. The lowest BCUT2D eigenvalue weighted by Gasteiger charge is -2.29. The molecule has 1 unspecified atom stereocenters. The molecule has 0 bridgehead atoms. The van der Waals surface area contributed by atoms with Crippen LogP contribution in [0.25, 0.3) is 0 Å². The zero-order valence-electron chi connectivity index (χ0n) is 11.6. The van der Waals surface area contributed by atoms with Crippen LogP contribution in [0.5, 0.6) is 5.75 Å². The SMILES string of the molecule is COc1cnc(N)nc1N(S)C(CCO)CC(C)C. The fraction of sp³-hybridized carbons (Fsp3) is 0.667. The number of thiol groups is 1. The first-order valence-electron chi connectivity index (χ1n) is 6.25. The van der Waals surface area contributed by atoms with E-state index in [2.05, 4.69) is 36.6 Å². The Morgan fingerprint density at radius 3 is 2.74 bits per heavy atom. The van der Waals surface area contributed by atoms with Crippen molar-refractivity contribution < 1.29 is 9.84 Å². The van der Waals surface area contributed by atoms with Crippen molar-refractivity contribution in [1.82, 2.24) is 9.97 Å². The van der Waals surface area contributed by atoms with E-state index in [1.165, 1.54) is 6.20 Å². The highest BCUT2D eigenvalue weighted by molar-refractivity contribution is 7.81. The molecule has 7 heteroatoms. The lowest BCUT2D eigenvalue weighted by Crippen LogP contribution is -2.31. The topological polar surface area (TPSA) is 84.5 Å². The minimum Gasteiger partial charge on any atom is -0.491 e. The van der Waals surface area contributed by atoms with Crippen LogP contribution in [-0.4, -0.2) is 34.8 Å². The van der Waals surface area contributed by atoms with Gasteiger partial charge in [-0.25, -0.2) is 4.98 Å². The van der Waals surface area contributed by atoms with E-state index in [1.54, 1.807) is 11.4 Å². The average molecular weight is 286 g/mol. The first-order valence-corrected chi connectivity index (χ1v) is 6.65. The van der Waals surface area contributed by atoms with E-state index < -0.39 is 0 Å². The molecule has 1 aromatic heterocycles. The lowest BCUT2D eigenvalue weighted by molar-refractivity contribution is 0.269. The van der Waals surface area contributed by atoms with Crippen LogP contribution < -0.4 is 14.8 Å². The minimum atomic E-state index is 0.0523. The molecule has 0 aliphatic rings. The summed E-state index contributed by atoms with van der Waals surface area (Å²) in [6.45, 7) is 4.34. The van der Waals surface area contributed by atoms with Crippen molar-refractivity contribution in [1.29, 1.82) is 0 Å². The molecule has 0 amide bonds. The van der Waals surface area contributed by atoms with Gasteiger partial charge in [0.25, 0.3) is 0 Å². The zero-order chi connectivity index (χ0) is 14.4. The second kappa shape index (κ2) is 7.40. The first-order chi connectivity index (χ1) is 8.99. The average Bonchev–Trinajstić information content (AvgIpc) is 2.37. The van der Waals surface area contributed by atoms with Gasteiger partial charge in [-0.15, -0.1) is 0 Å². The molecule has 1 rings (SSSR count). The van der Waals surface area contributed by atoms with Crippen LogP contribution in [0.4, 0.5) is 11.8 Å². The van der Waals surface area contributed by atoms with Gasteiger partial charge in [0.15, 0.2) is 11.6 Å². The van der Waals surface area contributed by atoms with E-state index in [9.17, 15) is 5.11 Å². The van der Waals surface area contributed by atoms with Gasteiger partial charge in [-0.05, 0) is 18.8 Å². The standard InChI is InChI=1S/C12H22N4O2S/c1-8(2)6-9(4-5-17)16(19)11-10(18-3)7-14-12(13)15-11/h7-9,17,19H,4-6H2,1-3H3,(H2,13,14,15). The monoisotopic (exact) mass is 286 g/mol. The normalized spacial score (nSPS) is 12.5. The predicted molar refractivity (Wildman–Crippen MR) is 79.4 cm³/mol. The van der Waals surface area contributed by atoms with E-state index >= 15 is 0 Å². The highest BCUT2D eigenvalue weighted by Crippen LogP contribution is 2.31. The quantitative estimate of drug-likeness (QED) is 0.659. The van der Waals surface area contributed by atoms with Crippen LogP contribution in [0.1, 0.15) is 26.7 Å². The Morgan fingerprint density at radius 2 is 2.21 bits per heavy atom. The Hall–Kier alpha value is -1.21. The van der Waals surface area contributed by atoms with Crippen molar-refractivity contribution in [2.75, 3.05) is 23.8 Å². The van der Waals surface area contributed by atoms with Crippen molar-refractivity contribution in [3.8, 4) is 5.75 Å². The number of ether oxygens (including phenoxy) is 1. The van der Waals surface area contributed by atoms with Crippen molar-refractivity contribution >= 4 is 24.6 Å². The fourth-order valence-electron chi connectivity index (χ4n) is 1.89. The molecule has 1 heterocycles. The number of rotatable bonds is 7. The van der Waals surface area contributed by atoms with E-state index in [-0.39, 0.29) is 18.6 Å². The largest absolute Gasteiger partial charge is 0.491 e. The Bertz CT molecular complexity index is 403. The number of aliphatic hydroxyl groups excluding tert-OH is 1. The summed E-state index contributed by atoms with van der Waals surface area (Å²) < 4.78 is 6.92. The molecule has 1 atom stereocenters. The number of methoxy groups -OCH3 is 1. The van der Waals surface area contributed by atoms with Crippen molar-refractivity contribution in [2.24, 2.45) is 5.92 Å². The van der Waals surface area contributed by atoms with Crippen molar-refractivity contribution in [3.05, 3.63) is 6.20 Å². The first kappa shape index (κ1) is 15.8. The van der Waals surface area contributed by atoms with E-state index in [0.717, 1.165) is 6.42 Å². The van der Waals surface area contributed by atoms with Crippen LogP contribution in [0.15, 0.2) is 6.20 Å². The van der Waals surface area contributed by atoms with Gasteiger partial charge in [-0.2, -0.15) is 4.98 Å². The summed E-state index contributed by atoms with van der Waals surface area (Å²) in [6.07, 6.45) is 3.01. The third kappa shape index (κ3) is 4.43. The van der Waals surface area contributed by atoms with Crippen LogP contribution in [0.3, 0.4) is 0 Å². The zero-order valence-corrected chi connectivity index (χ0v) is 12.5. The molecule has 108 valence electrons. The molecule has 0 spiro atoms. The smallest absolute Gasteiger partial charge is 0.222 e. The maximum atomic E-state index is 9.18. The van der Waals surface area contributed by atoms with Gasteiger partial charge in [-0.1, -0.05) is 26.7 Å². The third-order valence-electron chi connectivity index (χ3n) is 2.74. The summed E-state index contributed by atoms with van der Waals surface area (Å²) in [5.41, 5.74) is 5.61. The van der Waals surface area contributed by atoms with Gasteiger partial charge in [0.1, 0.15) is 0 Å². The van der Waals surface area contributed by atoms with Gasteiger partial charge in [0.05, 0.1) is 13.3 Å². The van der Waals surface area contributed by atoms with Crippen LogP contribution in [0.2, 0.25) is 0 Å².